The van der Waals surface area contributed by atoms with Crippen LogP contribution in [0.3, 0.4) is 0 Å². The van der Waals surface area contributed by atoms with Crippen molar-refractivity contribution < 1.29 is 14.6 Å². The fraction of sp³-hybridized carbons (Fsp3) is 0.692. The highest BCUT2D eigenvalue weighted by molar-refractivity contribution is 5.91. The lowest BCUT2D eigenvalue weighted by Gasteiger charge is -2.29. The molecular formula is C13H21N3O3. The van der Waals surface area contributed by atoms with Crippen molar-refractivity contribution in [3.63, 3.8) is 0 Å². The molecule has 1 unspecified atom stereocenters. The predicted molar refractivity (Wildman–Crippen MR) is 72.2 cm³/mol. The summed E-state index contributed by atoms with van der Waals surface area (Å²) < 4.78 is 5.11. The minimum absolute atomic E-state index is 0.00800. The number of carbonyl (C=O) groups excluding carboxylic acids is 1. The molecule has 0 bridgehead atoms. The number of ether oxygens (including phenoxy) is 1. The van der Waals surface area contributed by atoms with Crippen LogP contribution >= 0.6 is 0 Å². The van der Waals surface area contributed by atoms with E-state index in [0.717, 1.165) is 31.8 Å². The maximum atomic E-state index is 12.0. The Morgan fingerprint density at radius 2 is 2.42 bits per heavy atom. The van der Waals surface area contributed by atoms with Gasteiger partial charge in [0.25, 0.3) is 0 Å². The van der Waals surface area contributed by atoms with Crippen molar-refractivity contribution in [2.75, 3.05) is 39.4 Å². The summed E-state index contributed by atoms with van der Waals surface area (Å²) in [5.41, 5.74) is 0. The molecule has 106 valence electrons. The fourth-order valence-electron chi connectivity index (χ4n) is 2.63. The van der Waals surface area contributed by atoms with Crippen LogP contribution < -0.4 is 0 Å². The number of nitrogens with zero attached hydrogens (tertiary/aromatic N) is 3. The van der Waals surface area contributed by atoms with Crippen LogP contribution in [0.1, 0.15) is 12.8 Å². The number of aliphatic hydroxyl groups is 1. The van der Waals surface area contributed by atoms with Crippen molar-refractivity contribution in [1.82, 2.24) is 9.80 Å². The van der Waals surface area contributed by atoms with Gasteiger partial charge in [0.15, 0.2) is 0 Å². The first-order valence-electron chi connectivity index (χ1n) is 6.72. The van der Waals surface area contributed by atoms with E-state index in [4.69, 9.17) is 9.84 Å². The molecule has 0 aromatic heterocycles. The zero-order valence-electron chi connectivity index (χ0n) is 11.1. The predicted octanol–water partition coefficient (Wildman–Crippen LogP) is 0.480. The molecule has 0 aliphatic carbocycles. The number of carbonyl (C=O) groups is 1. The Morgan fingerprint density at radius 3 is 3.16 bits per heavy atom. The van der Waals surface area contributed by atoms with Crippen molar-refractivity contribution in [2.45, 2.75) is 18.9 Å². The Bertz CT molecular complexity index is 370. The van der Waals surface area contributed by atoms with Crippen LogP contribution in [0.4, 0.5) is 4.79 Å². The number of aliphatic hydroxyl groups excluding tert-OH is 1. The van der Waals surface area contributed by atoms with E-state index >= 15 is 0 Å². The summed E-state index contributed by atoms with van der Waals surface area (Å²) >= 11 is 0. The molecule has 1 atom stereocenters. The number of amides is 1. The highest BCUT2D eigenvalue weighted by Crippen LogP contribution is 2.23. The van der Waals surface area contributed by atoms with Crippen molar-refractivity contribution in [2.24, 2.45) is 4.99 Å². The number of rotatable bonds is 5. The second-order valence-corrected chi connectivity index (χ2v) is 4.67. The average Bonchev–Trinajstić information content (AvgIpc) is 3.04. The molecule has 0 spiro atoms. The molecule has 2 rings (SSSR count). The molecule has 6 heteroatoms. The second-order valence-electron chi connectivity index (χ2n) is 4.67. The van der Waals surface area contributed by atoms with Gasteiger partial charge in [0.1, 0.15) is 12.4 Å². The topological polar surface area (TPSA) is 65.4 Å². The quantitative estimate of drug-likeness (QED) is 0.736. The van der Waals surface area contributed by atoms with E-state index in [2.05, 4.69) is 16.5 Å². The number of hydrogen-bond donors (Lipinski definition) is 1. The molecule has 19 heavy (non-hydrogen) atoms. The van der Waals surface area contributed by atoms with E-state index in [1.165, 1.54) is 0 Å². The van der Waals surface area contributed by atoms with Gasteiger partial charge in [-0.3, -0.25) is 9.89 Å². The van der Waals surface area contributed by atoms with Gasteiger partial charge in [0.05, 0.1) is 19.2 Å². The van der Waals surface area contributed by atoms with Gasteiger partial charge in [0.2, 0.25) is 0 Å². The Kier molecular flexibility index (Phi) is 4.79. The maximum Gasteiger partial charge on any atom is 0.410 e. The van der Waals surface area contributed by atoms with Crippen LogP contribution in [0.5, 0.6) is 0 Å². The third-order valence-corrected chi connectivity index (χ3v) is 3.45. The molecular weight excluding hydrogens is 246 g/mol. The molecule has 0 saturated carbocycles. The van der Waals surface area contributed by atoms with E-state index in [9.17, 15) is 4.79 Å². The molecule has 6 nitrogen and oxygen atoms in total. The summed E-state index contributed by atoms with van der Waals surface area (Å²) in [5, 5.41) is 9.07. The summed E-state index contributed by atoms with van der Waals surface area (Å²) in [5.74, 6) is 0.919. The fourth-order valence-corrected chi connectivity index (χ4v) is 2.63. The third kappa shape index (κ3) is 3.07. The number of hydrogen-bond acceptors (Lipinski definition) is 5. The standard InChI is InChI=1S/C13H21N3O3/c1-2-10-19-13(18)16-6-3-4-11(16)12-14-5-7-15(12)8-9-17/h2,11,17H,1,3-10H2. The number of likely N-dealkylation sites (tertiary alicyclic amines) is 1. The van der Waals surface area contributed by atoms with Crippen LogP contribution in [0.25, 0.3) is 0 Å². The first-order valence-corrected chi connectivity index (χ1v) is 6.72. The van der Waals surface area contributed by atoms with Gasteiger partial charge >= 0.3 is 6.09 Å². The largest absolute Gasteiger partial charge is 0.445 e. The molecule has 2 aliphatic heterocycles. The van der Waals surface area contributed by atoms with Crippen LogP contribution in [-0.4, -0.2) is 72.3 Å². The van der Waals surface area contributed by atoms with Gasteiger partial charge < -0.3 is 14.7 Å². The maximum absolute atomic E-state index is 12.0. The van der Waals surface area contributed by atoms with Crippen LogP contribution in [0.15, 0.2) is 17.6 Å². The lowest BCUT2D eigenvalue weighted by molar-refractivity contribution is 0.114. The highest BCUT2D eigenvalue weighted by atomic mass is 16.6. The number of aliphatic imine (C=N–C) groups is 1. The highest BCUT2D eigenvalue weighted by Gasteiger charge is 2.36. The smallest absolute Gasteiger partial charge is 0.410 e. The summed E-state index contributed by atoms with van der Waals surface area (Å²) in [4.78, 5) is 20.3. The van der Waals surface area contributed by atoms with Gasteiger partial charge in [-0.15, -0.1) is 0 Å². The zero-order chi connectivity index (χ0) is 13.7. The minimum Gasteiger partial charge on any atom is -0.445 e. The Balaban J connectivity index is 2.01. The molecule has 2 heterocycles. The molecule has 1 amide bonds. The average molecular weight is 267 g/mol. The number of β-amino-alcohol motifs (C(OH)–C–C–N with tert-alkyl or cyclic N) is 1. The van der Waals surface area contributed by atoms with Gasteiger partial charge in [-0.25, -0.2) is 4.79 Å². The van der Waals surface area contributed by atoms with Crippen molar-refractivity contribution in [1.29, 1.82) is 0 Å². The first kappa shape index (κ1) is 13.9. The molecule has 0 radical (unpaired) electrons. The lowest BCUT2D eigenvalue weighted by Crippen LogP contribution is -2.47. The summed E-state index contributed by atoms with van der Waals surface area (Å²) in [7, 11) is 0. The molecule has 2 aliphatic rings. The summed E-state index contributed by atoms with van der Waals surface area (Å²) in [6, 6.07) is -0.00800. The van der Waals surface area contributed by atoms with Gasteiger partial charge in [-0.1, -0.05) is 12.7 Å². The monoisotopic (exact) mass is 267 g/mol. The van der Waals surface area contributed by atoms with Gasteiger partial charge in [-0.05, 0) is 12.8 Å². The Morgan fingerprint density at radius 1 is 1.58 bits per heavy atom. The lowest BCUT2D eigenvalue weighted by atomic mass is 10.2. The van der Waals surface area contributed by atoms with Gasteiger partial charge in [0, 0.05) is 19.6 Å². The van der Waals surface area contributed by atoms with Crippen LogP contribution in [-0.2, 0) is 4.74 Å². The summed E-state index contributed by atoms with van der Waals surface area (Å²) in [6.45, 7) is 6.71. The molecule has 1 N–H and O–H groups in total. The normalized spacial score (nSPS) is 22.6. The number of amidine groups is 1. The molecule has 1 fully saturated rings. The molecule has 0 aromatic rings. The zero-order valence-corrected chi connectivity index (χ0v) is 11.1. The van der Waals surface area contributed by atoms with Gasteiger partial charge in [-0.2, -0.15) is 0 Å². The SMILES string of the molecule is C=CCOC(=O)N1CCCC1C1=NCCN1CCO. The van der Waals surface area contributed by atoms with E-state index in [1.54, 1.807) is 11.0 Å². The van der Waals surface area contributed by atoms with E-state index in [0.29, 0.717) is 13.1 Å². The molecule has 1 saturated heterocycles. The Hall–Kier alpha value is -1.56. The van der Waals surface area contributed by atoms with Crippen molar-refractivity contribution in [3.05, 3.63) is 12.7 Å². The molecule has 0 aromatic carbocycles. The van der Waals surface area contributed by atoms with Crippen molar-refractivity contribution >= 4 is 11.9 Å². The first-order chi connectivity index (χ1) is 9.27. The van der Waals surface area contributed by atoms with Crippen molar-refractivity contribution in [3.8, 4) is 0 Å². The second kappa shape index (κ2) is 6.56. The third-order valence-electron chi connectivity index (χ3n) is 3.45. The summed E-state index contributed by atoms with van der Waals surface area (Å²) in [6.07, 6.45) is 3.12. The van der Waals surface area contributed by atoms with Crippen LogP contribution in [0.2, 0.25) is 0 Å². The minimum atomic E-state index is -0.305. The Labute approximate surface area is 113 Å². The van der Waals surface area contributed by atoms with E-state index in [1.807, 2.05) is 0 Å². The van der Waals surface area contributed by atoms with E-state index in [-0.39, 0.29) is 25.3 Å². The van der Waals surface area contributed by atoms with Crippen LogP contribution in [0, 0.1) is 0 Å². The van der Waals surface area contributed by atoms with E-state index < -0.39 is 0 Å².